The molecule has 4 N–H and O–H groups in total. The number of carbonyl (C=O) groups excluding carboxylic acids is 1. The average molecular weight is 224 g/mol. The van der Waals surface area contributed by atoms with E-state index in [0.29, 0.717) is 11.4 Å². The van der Waals surface area contributed by atoms with E-state index in [1.807, 2.05) is 0 Å². The van der Waals surface area contributed by atoms with Crippen LogP contribution in [0.5, 0.6) is 5.75 Å². The van der Waals surface area contributed by atoms with Crippen molar-refractivity contribution >= 4 is 11.6 Å². The number of amides is 1. The highest BCUT2D eigenvalue weighted by Gasteiger charge is 2.07. The van der Waals surface area contributed by atoms with E-state index in [1.54, 1.807) is 31.2 Å². The maximum atomic E-state index is 11.3. The van der Waals surface area contributed by atoms with Gasteiger partial charge in [-0.2, -0.15) is 0 Å². The fourth-order valence-corrected chi connectivity index (χ4v) is 1.12. The molecule has 1 aromatic rings. The highest BCUT2D eigenvalue weighted by atomic mass is 16.5. The summed E-state index contributed by atoms with van der Waals surface area (Å²) in [4.78, 5) is 11.3. The van der Waals surface area contributed by atoms with Crippen LogP contribution in [0.15, 0.2) is 24.3 Å². The number of hydrogen-bond donors (Lipinski definition) is 3. The van der Waals surface area contributed by atoms with Crippen molar-refractivity contribution in [3.05, 3.63) is 24.3 Å². The Morgan fingerprint density at radius 2 is 2.25 bits per heavy atom. The number of hydrogen-bond acceptors (Lipinski definition) is 4. The van der Waals surface area contributed by atoms with Crippen LogP contribution in [0.25, 0.3) is 0 Å². The molecule has 1 atom stereocenters. The molecule has 1 rings (SSSR count). The highest BCUT2D eigenvalue weighted by molar-refractivity contribution is 5.78. The predicted molar refractivity (Wildman–Crippen MR) is 61.0 cm³/mol. The summed E-state index contributed by atoms with van der Waals surface area (Å²) in [5.74, 6) is 0.194. The van der Waals surface area contributed by atoms with Crippen molar-refractivity contribution in [2.45, 2.75) is 13.0 Å². The van der Waals surface area contributed by atoms with Gasteiger partial charge in [0.25, 0.3) is 5.91 Å². The molecule has 0 saturated heterocycles. The number of anilines is 1. The number of aliphatic hydroxyl groups is 1. The molecule has 5 nitrogen and oxygen atoms in total. The standard InChI is InChI=1S/C11H16N2O3/c1-8(6-14)13-11(15)7-16-10-5-3-2-4-9(10)12/h2-5,8,14H,6-7,12H2,1H3,(H,13,15)/t8-/m0/s1. The topological polar surface area (TPSA) is 84.6 Å². The first-order valence-electron chi connectivity index (χ1n) is 5.01. The van der Waals surface area contributed by atoms with Crippen LogP contribution in [0.3, 0.4) is 0 Å². The third kappa shape index (κ3) is 3.78. The van der Waals surface area contributed by atoms with Gasteiger partial charge in [0.15, 0.2) is 6.61 Å². The summed E-state index contributed by atoms with van der Waals surface area (Å²) in [6.45, 7) is 1.49. The molecule has 16 heavy (non-hydrogen) atoms. The second-order valence-electron chi connectivity index (χ2n) is 3.48. The minimum atomic E-state index is -0.287. The Morgan fingerprint density at radius 1 is 1.56 bits per heavy atom. The van der Waals surface area contributed by atoms with Crippen LogP contribution in [-0.2, 0) is 4.79 Å². The Morgan fingerprint density at radius 3 is 2.88 bits per heavy atom. The molecule has 0 spiro atoms. The van der Waals surface area contributed by atoms with Crippen LogP contribution < -0.4 is 15.8 Å². The van der Waals surface area contributed by atoms with E-state index >= 15 is 0 Å². The monoisotopic (exact) mass is 224 g/mol. The van der Waals surface area contributed by atoms with Crippen LogP contribution in [0, 0.1) is 0 Å². The number of benzene rings is 1. The van der Waals surface area contributed by atoms with E-state index in [9.17, 15) is 4.79 Å². The number of carbonyl (C=O) groups is 1. The summed E-state index contributed by atoms with van der Waals surface area (Å²) in [5, 5.41) is 11.3. The molecule has 0 saturated carbocycles. The second kappa shape index (κ2) is 5.97. The van der Waals surface area contributed by atoms with Gasteiger partial charge in [-0.05, 0) is 19.1 Å². The van der Waals surface area contributed by atoms with E-state index in [2.05, 4.69) is 5.32 Å². The maximum Gasteiger partial charge on any atom is 0.258 e. The van der Waals surface area contributed by atoms with Crippen LogP contribution in [0.1, 0.15) is 6.92 Å². The first-order valence-corrected chi connectivity index (χ1v) is 5.01. The zero-order chi connectivity index (χ0) is 12.0. The summed E-state index contributed by atoms with van der Waals surface area (Å²) in [7, 11) is 0. The lowest BCUT2D eigenvalue weighted by molar-refractivity contribution is -0.123. The molecule has 0 fully saturated rings. The summed E-state index contributed by atoms with van der Waals surface area (Å²) < 4.78 is 5.23. The normalized spacial score (nSPS) is 11.9. The van der Waals surface area contributed by atoms with Gasteiger partial charge in [-0.3, -0.25) is 4.79 Å². The molecule has 5 heteroatoms. The molecule has 1 aromatic carbocycles. The van der Waals surface area contributed by atoms with Crippen molar-refractivity contribution in [2.24, 2.45) is 0 Å². The van der Waals surface area contributed by atoms with Crippen LogP contribution in [0.2, 0.25) is 0 Å². The van der Waals surface area contributed by atoms with Crippen LogP contribution in [-0.4, -0.2) is 30.3 Å². The molecule has 0 aromatic heterocycles. The zero-order valence-corrected chi connectivity index (χ0v) is 9.14. The zero-order valence-electron chi connectivity index (χ0n) is 9.14. The van der Waals surface area contributed by atoms with E-state index in [4.69, 9.17) is 15.6 Å². The van der Waals surface area contributed by atoms with Gasteiger partial charge in [0.2, 0.25) is 0 Å². The SMILES string of the molecule is C[C@@H](CO)NC(=O)COc1ccccc1N. The van der Waals surface area contributed by atoms with Crippen molar-refractivity contribution in [1.82, 2.24) is 5.32 Å². The summed E-state index contributed by atoms with van der Waals surface area (Å²) in [5.41, 5.74) is 6.13. The molecule has 1 amide bonds. The number of para-hydroxylation sites is 2. The van der Waals surface area contributed by atoms with E-state index < -0.39 is 0 Å². The first-order chi connectivity index (χ1) is 7.63. The van der Waals surface area contributed by atoms with E-state index in [0.717, 1.165) is 0 Å². The second-order valence-corrected chi connectivity index (χ2v) is 3.48. The lowest BCUT2D eigenvalue weighted by Crippen LogP contribution is -2.38. The van der Waals surface area contributed by atoms with Gasteiger partial charge in [-0.15, -0.1) is 0 Å². The largest absolute Gasteiger partial charge is 0.482 e. The summed E-state index contributed by atoms with van der Waals surface area (Å²) in [6.07, 6.45) is 0. The lowest BCUT2D eigenvalue weighted by Gasteiger charge is -2.12. The van der Waals surface area contributed by atoms with Gasteiger partial charge in [-0.1, -0.05) is 12.1 Å². The van der Waals surface area contributed by atoms with Crippen molar-refractivity contribution in [1.29, 1.82) is 0 Å². The molecule has 0 aliphatic carbocycles. The van der Waals surface area contributed by atoms with Gasteiger partial charge in [-0.25, -0.2) is 0 Å². The molecule has 0 aliphatic heterocycles. The number of aliphatic hydroxyl groups excluding tert-OH is 1. The molecule has 0 aliphatic rings. The molecule has 0 bridgehead atoms. The third-order valence-electron chi connectivity index (χ3n) is 1.96. The van der Waals surface area contributed by atoms with E-state index in [1.165, 1.54) is 0 Å². The molecule has 0 radical (unpaired) electrons. The van der Waals surface area contributed by atoms with E-state index in [-0.39, 0.29) is 25.2 Å². The van der Waals surface area contributed by atoms with Gasteiger partial charge < -0.3 is 20.9 Å². The van der Waals surface area contributed by atoms with Gasteiger partial charge in [0, 0.05) is 6.04 Å². The smallest absolute Gasteiger partial charge is 0.258 e. The van der Waals surface area contributed by atoms with Crippen molar-refractivity contribution in [3.63, 3.8) is 0 Å². The Labute approximate surface area is 94.2 Å². The first kappa shape index (κ1) is 12.3. The minimum Gasteiger partial charge on any atom is -0.482 e. The average Bonchev–Trinajstić information content (AvgIpc) is 2.28. The number of nitrogen functional groups attached to an aromatic ring is 1. The Balaban J connectivity index is 2.40. The van der Waals surface area contributed by atoms with Crippen LogP contribution >= 0.6 is 0 Å². The fourth-order valence-electron chi connectivity index (χ4n) is 1.12. The van der Waals surface area contributed by atoms with Gasteiger partial charge >= 0.3 is 0 Å². The fraction of sp³-hybridized carbons (Fsp3) is 0.364. The molecular formula is C11H16N2O3. The van der Waals surface area contributed by atoms with Crippen molar-refractivity contribution < 1.29 is 14.6 Å². The third-order valence-corrected chi connectivity index (χ3v) is 1.96. The Kier molecular flexibility index (Phi) is 4.60. The van der Waals surface area contributed by atoms with Gasteiger partial charge in [0.1, 0.15) is 5.75 Å². The maximum absolute atomic E-state index is 11.3. The number of nitrogens with one attached hydrogen (secondary N) is 1. The molecule has 0 heterocycles. The van der Waals surface area contributed by atoms with Crippen molar-refractivity contribution in [3.8, 4) is 5.75 Å². The lowest BCUT2D eigenvalue weighted by atomic mass is 10.3. The Bertz CT molecular complexity index is 355. The Hall–Kier alpha value is -1.75. The quantitative estimate of drug-likeness (QED) is 0.621. The molecular weight excluding hydrogens is 208 g/mol. The van der Waals surface area contributed by atoms with Crippen LogP contribution in [0.4, 0.5) is 5.69 Å². The predicted octanol–water partition coefficient (Wildman–Crippen LogP) is 0.145. The number of nitrogens with two attached hydrogens (primary N) is 1. The molecule has 0 unspecified atom stereocenters. The number of rotatable bonds is 5. The summed E-state index contributed by atoms with van der Waals surface area (Å²) in [6, 6.07) is 6.68. The van der Waals surface area contributed by atoms with Crippen molar-refractivity contribution in [2.75, 3.05) is 18.9 Å². The molecule has 88 valence electrons. The minimum absolute atomic E-state index is 0.0980. The summed E-state index contributed by atoms with van der Waals surface area (Å²) >= 11 is 0. The highest BCUT2D eigenvalue weighted by Crippen LogP contribution is 2.19. The number of ether oxygens (including phenoxy) is 1. The van der Waals surface area contributed by atoms with Gasteiger partial charge in [0.05, 0.1) is 12.3 Å².